The summed E-state index contributed by atoms with van der Waals surface area (Å²) in [5.41, 5.74) is 22.0. The first kappa shape index (κ1) is 44.9. The topological polar surface area (TPSA) is 58.5 Å². The summed E-state index contributed by atoms with van der Waals surface area (Å²) in [5, 5.41) is 4.33. The second-order valence-corrected chi connectivity index (χ2v) is 21.3. The van der Waals surface area contributed by atoms with Gasteiger partial charge in [-0.2, -0.15) is 0 Å². The lowest BCUT2D eigenvalue weighted by atomic mass is 9.65. The van der Waals surface area contributed by atoms with E-state index in [-0.39, 0.29) is 0 Å². The number of fused-ring (bicyclic) bond motifs is 17. The molecule has 0 saturated carbocycles. The third kappa shape index (κ3) is 6.74. The minimum atomic E-state index is -0.852. The van der Waals surface area contributed by atoms with E-state index in [2.05, 4.69) is 244 Å². The summed E-state index contributed by atoms with van der Waals surface area (Å²) in [7, 11) is 0. The minimum Gasteiger partial charge on any atom is -0.454 e. The summed E-state index contributed by atoms with van der Waals surface area (Å²) in [6.07, 6.45) is 8.24. The van der Waals surface area contributed by atoms with E-state index in [1.54, 1.807) is 6.20 Å². The first-order chi connectivity index (χ1) is 37.8. The number of anilines is 6. The maximum absolute atomic E-state index is 6.87. The number of para-hydroxylation sites is 4. The zero-order valence-electron chi connectivity index (χ0n) is 43.2. The molecule has 3 aromatic heterocycles. The van der Waals surface area contributed by atoms with Gasteiger partial charge in [-0.3, -0.25) is 9.97 Å². The maximum Gasteiger partial charge on any atom is 0.159 e. The molecule has 1 spiro atoms. The second kappa shape index (κ2) is 17.3. The molecular formula is C71H52N4O2. The van der Waals surface area contributed by atoms with Gasteiger partial charge in [0, 0.05) is 62.3 Å². The van der Waals surface area contributed by atoms with E-state index in [4.69, 9.17) is 18.8 Å². The highest BCUT2D eigenvalue weighted by Crippen LogP contribution is 2.61. The van der Waals surface area contributed by atoms with Crippen LogP contribution in [-0.2, 0) is 5.41 Å². The van der Waals surface area contributed by atoms with Crippen molar-refractivity contribution >= 4 is 101 Å². The van der Waals surface area contributed by atoms with E-state index < -0.39 is 5.41 Å². The number of rotatable bonds is 8. The van der Waals surface area contributed by atoms with Gasteiger partial charge in [-0.05, 0) is 141 Å². The predicted molar refractivity (Wildman–Crippen MR) is 318 cm³/mol. The van der Waals surface area contributed by atoms with Gasteiger partial charge in [0.2, 0.25) is 0 Å². The number of benzene rings is 10. The first-order valence-electron chi connectivity index (χ1n) is 26.8. The Bertz CT molecular complexity index is 4320. The summed E-state index contributed by atoms with van der Waals surface area (Å²) in [4.78, 5) is 14.8. The molecule has 2 aliphatic rings. The van der Waals surface area contributed by atoms with Crippen LogP contribution in [0.3, 0.4) is 0 Å². The van der Waals surface area contributed by atoms with E-state index in [1.807, 2.05) is 18.3 Å². The quantitative estimate of drug-likeness (QED) is 0.151. The molecule has 0 N–H and O–H groups in total. The molecule has 368 valence electrons. The second-order valence-electron chi connectivity index (χ2n) is 21.3. The van der Waals surface area contributed by atoms with Crippen LogP contribution in [0, 0.1) is 0 Å². The Morgan fingerprint density at radius 2 is 0.883 bits per heavy atom. The summed E-state index contributed by atoms with van der Waals surface area (Å²) in [6.45, 7) is 8.99. The van der Waals surface area contributed by atoms with Crippen molar-refractivity contribution in [2.24, 2.45) is 0 Å². The third-order valence-corrected chi connectivity index (χ3v) is 16.4. The fourth-order valence-electron chi connectivity index (χ4n) is 12.7. The molecule has 0 atom stereocenters. The van der Waals surface area contributed by atoms with Crippen LogP contribution in [0.1, 0.15) is 84.0 Å². The molecular weight excluding hydrogens is 941 g/mol. The molecule has 2 aliphatic carbocycles. The number of hydrogen-bond donors (Lipinski definition) is 0. The molecule has 0 radical (unpaired) electrons. The van der Waals surface area contributed by atoms with Gasteiger partial charge in [0.15, 0.2) is 11.2 Å². The molecule has 13 aromatic rings. The summed E-state index contributed by atoms with van der Waals surface area (Å²) >= 11 is 0. The van der Waals surface area contributed by atoms with E-state index in [0.29, 0.717) is 11.8 Å². The van der Waals surface area contributed by atoms with Crippen molar-refractivity contribution in [3.05, 3.63) is 263 Å². The Morgan fingerprint density at radius 1 is 0.403 bits per heavy atom. The Hall–Kier alpha value is -9.52. The lowest BCUT2D eigenvalue weighted by Gasteiger charge is -2.37. The molecule has 77 heavy (non-hydrogen) atoms. The Morgan fingerprint density at radius 3 is 1.43 bits per heavy atom. The fraction of sp³-hybridized carbons (Fsp3) is 0.0986. The van der Waals surface area contributed by atoms with Gasteiger partial charge in [0.05, 0.1) is 27.8 Å². The van der Waals surface area contributed by atoms with Crippen LogP contribution in [0.4, 0.5) is 34.1 Å². The Kier molecular flexibility index (Phi) is 10.1. The Labute approximate surface area is 446 Å². The monoisotopic (exact) mass is 992 g/mol. The van der Waals surface area contributed by atoms with Crippen LogP contribution in [0.15, 0.2) is 227 Å². The smallest absolute Gasteiger partial charge is 0.159 e. The number of aromatic nitrogens is 2. The van der Waals surface area contributed by atoms with Crippen LogP contribution < -0.4 is 9.80 Å². The lowest BCUT2D eigenvalue weighted by Crippen LogP contribution is -2.30. The van der Waals surface area contributed by atoms with E-state index >= 15 is 0 Å². The van der Waals surface area contributed by atoms with Crippen molar-refractivity contribution in [2.45, 2.75) is 44.9 Å². The number of nitrogens with zero attached hydrogens (tertiary/aromatic N) is 4. The van der Waals surface area contributed by atoms with Crippen LogP contribution in [0.2, 0.25) is 0 Å². The SMILES string of the molecule is CC(C)c1ccc(N(c2ccc3c(c2)C2(c4cc(N(c5ccc(C(C)C)cc5)c5cccc6c5oc5ccccc56)ccc4C=C3)c3ccccc3-c3c2ccc2nccnc32)c2cccc3c2oc2ccccc23)cc1. The molecule has 0 unspecified atom stereocenters. The molecule has 6 nitrogen and oxygen atoms in total. The third-order valence-electron chi connectivity index (χ3n) is 16.4. The number of furan rings is 2. The lowest BCUT2D eigenvalue weighted by molar-refractivity contribution is 0.668. The van der Waals surface area contributed by atoms with E-state index in [9.17, 15) is 0 Å². The summed E-state index contributed by atoms with van der Waals surface area (Å²) < 4.78 is 13.7. The van der Waals surface area contributed by atoms with Gasteiger partial charge in [-0.25, -0.2) is 0 Å². The molecule has 0 fully saturated rings. The van der Waals surface area contributed by atoms with Crippen molar-refractivity contribution in [1.82, 2.24) is 9.97 Å². The standard InChI is InChI=1S/C71H52N4O2/c1-43(2)45-25-31-49(32-26-45)74(63-19-11-16-55-53-13-6-9-21-65(53)76-69(55)63)51-35-29-47-23-24-48-30-36-52(75(50-33-27-46(28-34-50)44(3)4)64-20-12-17-56-54-14-7-10-22-66(54)77-70(56)64)42-61(48)71(60(47)41-51)58-18-8-5-15-57(58)67-59(71)37-38-62-68(67)73-40-39-72-62/h5-44H,1-4H3. The molecule has 6 heteroatoms. The highest BCUT2D eigenvalue weighted by molar-refractivity contribution is 6.12. The molecule has 0 bridgehead atoms. The van der Waals surface area contributed by atoms with E-state index in [0.717, 1.165) is 128 Å². The first-order valence-corrected chi connectivity index (χ1v) is 26.8. The van der Waals surface area contributed by atoms with Crippen molar-refractivity contribution in [3.63, 3.8) is 0 Å². The van der Waals surface area contributed by atoms with Gasteiger partial charge in [-0.1, -0.05) is 167 Å². The zero-order valence-corrected chi connectivity index (χ0v) is 43.2. The molecule has 10 aromatic carbocycles. The maximum atomic E-state index is 6.87. The largest absolute Gasteiger partial charge is 0.454 e. The average molecular weight is 993 g/mol. The van der Waals surface area contributed by atoms with Crippen molar-refractivity contribution in [1.29, 1.82) is 0 Å². The van der Waals surface area contributed by atoms with Crippen LogP contribution in [0.25, 0.3) is 78.2 Å². The van der Waals surface area contributed by atoms with Gasteiger partial charge in [0.1, 0.15) is 11.2 Å². The zero-order chi connectivity index (χ0) is 51.5. The molecule has 15 rings (SSSR count). The average Bonchev–Trinajstić information content (AvgIpc) is 4.25. The fourth-order valence-corrected chi connectivity index (χ4v) is 12.7. The van der Waals surface area contributed by atoms with Crippen molar-refractivity contribution in [3.8, 4) is 11.1 Å². The van der Waals surface area contributed by atoms with Crippen molar-refractivity contribution < 1.29 is 8.83 Å². The molecule has 0 saturated heterocycles. The summed E-state index contributed by atoms with van der Waals surface area (Å²) in [5.74, 6) is 0.760. The van der Waals surface area contributed by atoms with Gasteiger partial charge in [-0.15, -0.1) is 0 Å². The molecule has 0 aliphatic heterocycles. The molecule has 0 amide bonds. The van der Waals surface area contributed by atoms with Gasteiger partial charge < -0.3 is 18.6 Å². The van der Waals surface area contributed by atoms with Crippen molar-refractivity contribution in [2.75, 3.05) is 9.80 Å². The number of hydrogen-bond acceptors (Lipinski definition) is 6. The van der Waals surface area contributed by atoms with E-state index in [1.165, 1.54) is 16.7 Å². The molecule has 3 heterocycles. The minimum absolute atomic E-state index is 0.380. The highest BCUT2D eigenvalue weighted by atomic mass is 16.3. The van der Waals surface area contributed by atoms with Crippen LogP contribution >= 0.6 is 0 Å². The Balaban J connectivity index is 1.03. The highest BCUT2D eigenvalue weighted by Gasteiger charge is 2.50. The van der Waals surface area contributed by atoms with Crippen LogP contribution in [0.5, 0.6) is 0 Å². The van der Waals surface area contributed by atoms with Gasteiger partial charge >= 0.3 is 0 Å². The predicted octanol–water partition coefficient (Wildman–Crippen LogP) is 19.5. The normalized spacial score (nSPS) is 13.2. The summed E-state index contributed by atoms with van der Waals surface area (Å²) in [6, 6.07) is 75.4. The van der Waals surface area contributed by atoms with Crippen LogP contribution in [-0.4, -0.2) is 9.97 Å². The van der Waals surface area contributed by atoms with Gasteiger partial charge in [0.25, 0.3) is 0 Å².